The Bertz CT molecular complexity index is 893. The molecular weight excluding hydrogens is 368 g/mol. The van der Waals surface area contributed by atoms with Gasteiger partial charge >= 0.3 is 0 Å². The lowest BCUT2D eigenvalue weighted by molar-refractivity contribution is -0.134. The Kier molecular flexibility index (Phi) is 5.19. The van der Waals surface area contributed by atoms with Gasteiger partial charge in [0.15, 0.2) is 0 Å². The van der Waals surface area contributed by atoms with Gasteiger partial charge in [-0.15, -0.1) is 0 Å². The minimum absolute atomic E-state index is 0.232. The van der Waals surface area contributed by atoms with Crippen molar-refractivity contribution in [3.63, 3.8) is 0 Å². The molecule has 0 spiro atoms. The smallest absolute Gasteiger partial charge is 0.262 e. The molecule has 3 amide bonds. The van der Waals surface area contributed by atoms with Crippen LogP contribution in [-0.2, 0) is 11.3 Å². The average molecular weight is 387 g/mol. The normalized spacial score (nSPS) is 14.1. The molecule has 140 valence electrons. The predicted octanol–water partition coefficient (Wildman–Crippen LogP) is 2.99. The van der Waals surface area contributed by atoms with E-state index in [1.54, 1.807) is 56.4 Å². The van der Waals surface area contributed by atoms with Crippen molar-refractivity contribution >= 4 is 29.3 Å². The van der Waals surface area contributed by atoms with E-state index in [2.05, 4.69) is 0 Å². The highest BCUT2D eigenvalue weighted by Crippen LogP contribution is 2.27. The molecule has 0 N–H and O–H groups in total. The highest BCUT2D eigenvalue weighted by Gasteiger charge is 2.41. The molecule has 1 unspecified atom stereocenters. The third-order valence-electron chi connectivity index (χ3n) is 4.60. The lowest BCUT2D eigenvalue weighted by Gasteiger charge is -2.27. The maximum Gasteiger partial charge on any atom is 0.262 e. The molecule has 7 heteroatoms. The van der Waals surface area contributed by atoms with Crippen LogP contribution in [0.1, 0.15) is 33.2 Å². The topological polar surface area (TPSA) is 66.9 Å². The third kappa shape index (κ3) is 3.40. The van der Waals surface area contributed by atoms with Gasteiger partial charge in [0.1, 0.15) is 11.8 Å². The Morgan fingerprint density at radius 3 is 2.30 bits per heavy atom. The molecule has 3 rings (SSSR count). The van der Waals surface area contributed by atoms with Gasteiger partial charge in [0.05, 0.1) is 18.2 Å². The monoisotopic (exact) mass is 386 g/mol. The number of hydrogen-bond acceptors (Lipinski definition) is 4. The van der Waals surface area contributed by atoms with Gasteiger partial charge in [-0.05, 0) is 37.3 Å². The fourth-order valence-corrected chi connectivity index (χ4v) is 3.39. The summed E-state index contributed by atoms with van der Waals surface area (Å²) >= 11 is 6.04. The standard InChI is InChI=1S/C20H19ClN2O4/c1-12(23-19(25)15-6-4-5-7-16(15)20(23)26)18(24)22(2)11-13-10-14(21)8-9-17(13)27-3/h4-10,12H,11H2,1-3H3. The van der Waals surface area contributed by atoms with Gasteiger partial charge in [-0.2, -0.15) is 0 Å². The van der Waals surface area contributed by atoms with E-state index in [1.807, 2.05) is 0 Å². The number of benzene rings is 2. The van der Waals surface area contributed by atoms with Crippen molar-refractivity contribution in [1.29, 1.82) is 0 Å². The number of halogens is 1. The minimum atomic E-state index is -0.924. The summed E-state index contributed by atoms with van der Waals surface area (Å²) in [4.78, 5) is 40.5. The van der Waals surface area contributed by atoms with Crippen LogP contribution in [0.2, 0.25) is 5.02 Å². The summed E-state index contributed by atoms with van der Waals surface area (Å²) in [5.41, 5.74) is 1.37. The van der Waals surface area contributed by atoms with Crippen molar-refractivity contribution < 1.29 is 19.1 Å². The molecule has 0 saturated carbocycles. The van der Waals surface area contributed by atoms with Crippen LogP contribution >= 0.6 is 11.6 Å². The van der Waals surface area contributed by atoms with Gasteiger partial charge in [-0.25, -0.2) is 0 Å². The van der Waals surface area contributed by atoms with E-state index in [9.17, 15) is 14.4 Å². The molecular formula is C20H19ClN2O4. The number of nitrogens with zero attached hydrogens (tertiary/aromatic N) is 2. The Morgan fingerprint density at radius 1 is 1.15 bits per heavy atom. The molecule has 6 nitrogen and oxygen atoms in total. The van der Waals surface area contributed by atoms with Gasteiger partial charge in [-0.3, -0.25) is 19.3 Å². The quantitative estimate of drug-likeness (QED) is 0.741. The van der Waals surface area contributed by atoms with E-state index in [1.165, 1.54) is 12.0 Å². The Morgan fingerprint density at radius 2 is 1.74 bits per heavy atom. The molecule has 0 bridgehead atoms. The zero-order valence-corrected chi connectivity index (χ0v) is 16.0. The Balaban J connectivity index is 1.79. The van der Waals surface area contributed by atoms with Crippen molar-refractivity contribution in [2.24, 2.45) is 0 Å². The van der Waals surface area contributed by atoms with Crippen LogP contribution in [0.15, 0.2) is 42.5 Å². The van der Waals surface area contributed by atoms with E-state index in [0.717, 1.165) is 10.5 Å². The number of rotatable bonds is 5. The number of carbonyl (C=O) groups is 3. The fraction of sp³-hybridized carbons (Fsp3) is 0.250. The Labute approximate surface area is 162 Å². The first kappa shape index (κ1) is 18.9. The first-order valence-electron chi connectivity index (χ1n) is 8.39. The molecule has 0 fully saturated rings. The predicted molar refractivity (Wildman–Crippen MR) is 101 cm³/mol. The molecule has 0 saturated heterocycles. The highest BCUT2D eigenvalue weighted by molar-refractivity contribution is 6.30. The maximum atomic E-state index is 12.9. The number of carbonyl (C=O) groups excluding carboxylic acids is 3. The van der Waals surface area contributed by atoms with E-state index >= 15 is 0 Å². The van der Waals surface area contributed by atoms with E-state index < -0.39 is 17.9 Å². The van der Waals surface area contributed by atoms with Crippen LogP contribution in [0.5, 0.6) is 5.75 Å². The number of likely N-dealkylation sites (N-methyl/N-ethyl adjacent to an activating group) is 1. The summed E-state index contributed by atoms with van der Waals surface area (Å²) in [6, 6.07) is 10.8. The zero-order chi connectivity index (χ0) is 19.7. The first-order valence-corrected chi connectivity index (χ1v) is 8.77. The molecule has 0 aliphatic carbocycles. The molecule has 1 heterocycles. The summed E-state index contributed by atoms with van der Waals surface area (Å²) < 4.78 is 5.30. The number of imide groups is 1. The second-order valence-electron chi connectivity index (χ2n) is 6.35. The minimum Gasteiger partial charge on any atom is -0.496 e. The molecule has 0 aromatic heterocycles. The number of amides is 3. The number of fused-ring (bicyclic) bond motifs is 1. The van der Waals surface area contributed by atoms with E-state index in [-0.39, 0.29) is 12.5 Å². The van der Waals surface area contributed by atoms with Crippen LogP contribution in [0.25, 0.3) is 0 Å². The summed E-state index contributed by atoms with van der Waals surface area (Å²) in [5, 5.41) is 0.528. The number of methoxy groups -OCH3 is 1. The van der Waals surface area contributed by atoms with Gasteiger partial charge < -0.3 is 9.64 Å². The largest absolute Gasteiger partial charge is 0.496 e. The van der Waals surface area contributed by atoms with Crippen molar-refractivity contribution in [3.05, 3.63) is 64.2 Å². The third-order valence-corrected chi connectivity index (χ3v) is 4.83. The summed E-state index contributed by atoms with van der Waals surface area (Å²) in [5.74, 6) is -0.658. The van der Waals surface area contributed by atoms with E-state index in [4.69, 9.17) is 16.3 Å². The molecule has 27 heavy (non-hydrogen) atoms. The second kappa shape index (κ2) is 7.40. The second-order valence-corrected chi connectivity index (χ2v) is 6.79. The molecule has 1 aliphatic heterocycles. The Hall–Kier alpha value is -2.86. The zero-order valence-electron chi connectivity index (χ0n) is 15.2. The van der Waals surface area contributed by atoms with Crippen molar-refractivity contribution in [3.8, 4) is 5.75 Å². The molecule has 2 aromatic carbocycles. The average Bonchev–Trinajstić information content (AvgIpc) is 2.92. The van der Waals surface area contributed by atoms with Crippen LogP contribution < -0.4 is 4.74 Å². The SMILES string of the molecule is COc1ccc(Cl)cc1CN(C)C(=O)C(C)N1C(=O)c2ccccc2C1=O. The summed E-state index contributed by atoms with van der Waals surface area (Å²) in [7, 11) is 3.15. The molecule has 1 aliphatic rings. The van der Waals surface area contributed by atoms with Gasteiger partial charge in [0, 0.05) is 24.2 Å². The molecule has 0 radical (unpaired) electrons. The van der Waals surface area contributed by atoms with Crippen LogP contribution in [0.4, 0.5) is 0 Å². The summed E-state index contributed by atoms with van der Waals surface area (Å²) in [6.07, 6.45) is 0. The van der Waals surface area contributed by atoms with Crippen LogP contribution in [0, 0.1) is 0 Å². The van der Waals surface area contributed by atoms with Crippen molar-refractivity contribution in [2.75, 3.05) is 14.2 Å². The molecule has 1 atom stereocenters. The summed E-state index contributed by atoms with van der Waals surface area (Å²) in [6.45, 7) is 1.78. The van der Waals surface area contributed by atoms with Crippen molar-refractivity contribution in [2.45, 2.75) is 19.5 Å². The van der Waals surface area contributed by atoms with E-state index in [0.29, 0.717) is 21.9 Å². The first-order chi connectivity index (χ1) is 12.8. The van der Waals surface area contributed by atoms with Gasteiger partial charge in [-0.1, -0.05) is 23.7 Å². The van der Waals surface area contributed by atoms with Gasteiger partial charge in [0.25, 0.3) is 11.8 Å². The van der Waals surface area contributed by atoms with Crippen LogP contribution in [-0.4, -0.2) is 47.7 Å². The van der Waals surface area contributed by atoms with Crippen LogP contribution in [0.3, 0.4) is 0 Å². The lowest BCUT2D eigenvalue weighted by atomic mass is 10.1. The number of hydrogen-bond donors (Lipinski definition) is 0. The fourth-order valence-electron chi connectivity index (χ4n) is 3.19. The van der Waals surface area contributed by atoms with Gasteiger partial charge in [0.2, 0.25) is 5.91 Å². The van der Waals surface area contributed by atoms with Crippen molar-refractivity contribution in [1.82, 2.24) is 9.80 Å². The maximum absolute atomic E-state index is 12.9. The molecule has 2 aromatic rings. The lowest BCUT2D eigenvalue weighted by Crippen LogP contribution is -2.48. The number of ether oxygens (including phenoxy) is 1. The highest BCUT2D eigenvalue weighted by atomic mass is 35.5.